The number of aryl methyl sites for hydroxylation is 2. The highest BCUT2D eigenvalue weighted by Gasteiger charge is 2.11. The Morgan fingerprint density at radius 1 is 1.36 bits per heavy atom. The molecule has 2 heterocycles. The molecule has 130 valence electrons. The van der Waals surface area contributed by atoms with E-state index in [-0.39, 0.29) is 5.91 Å². The van der Waals surface area contributed by atoms with Crippen LogP contribution in [0.5, 0.6) is 0 Å². The molecule has 0 spiro atoms. The van der Waals surface area contributed by atoms with Gasteiger partial charge in [-0.3, -0.25) is 4.79 Å². The molecule has 0 bridgehead atoms. The molecular formula is C19H22N4OS. The molecule has 0 aliphatic heterocycles. The predicted octanol–water partition coefficient (Wildman–Crippen LogP) is 4.00. The third-order valence-electron chi connectivity index (χ3n) is 4.17. The topological polar surface area (TPSA) is 59.8 Å². The third kappa shape index (κ3) is 4.14. The van der Waals surface area contributed by atoms with E-state index in [2.05, 4.69) is 22.2 Å². The molecule has 0 aliphatic carbocycles. The van der Waals surface area contributed by atoms with Gasteiger partial charge in [-0.2, -0.15) is 0 Å². The Kier molecular flexibility index (Phi) is 5.28. The number of hydrogen-bond donors (Lipinski definition) is 1. The van der Waals surface area contributed by atoms with Crippen molar-refractivity contribution in [3.8, 4) is 10.4 Å². The molecule has 0 saturated carbocycles. The maximum atomic E-state index is 12.4. The summed E-state index contributed by atoms with van der Waals surface area (Å²) in [6, 6.07) is 8.04. The Labute approximate surface area is 151 Å². The van der Waals surface area contributed by atoms with Gasteiger partial charge in [-0.1, -0.05) is 12.1 Å². The van der Waals surface area contributed by atoms with Crippen molar-refractivity contribution >= 4 is 17.2 Å². The summed E-state index contributed by atoms with van der Waals surface area (Å²) in [5.74, 6) is -0.0430. The molecule has 5 nitrogen and oxygen atoms in total. The first kappa shape index (κ1) is 17.4. The predicted molar refractivity (Wildman–Crippen MR) is 101 cm³/mol. The van der Waals surface area contributed by atoms with E-state index in [1.807, 2.05) is 48.9 Å². The summed E-state index contributed by atoms with van der Waals surface area (Å²) in [4.78, 5) is 22.1. The monoisotopic (exact) mass is 354 g/mol. The van der Waals surface area contributed by atoms with E-state index in [1.165, 1.54) is 0 Å². The fourth-order valence-corrected chi connectivity index (χ4v) is 3.69. The van der Waals surface area contributed by atoms with E-state index in [1.54, 1.807) is 23.9 Å². The molecule has 0 fully saturated rings. The second-order valence-corrected chi connectivity index (χ2v) is 7.33. The number of thiazole rings is 1. The Balaban J connectivity index is 1.63. The lowest BCUT2D eigenvalue weighted by atomic mass is 10.1. The number of amides is 1. The molecule has 6 heteroatoms. The Morgan fingerprint density at radius 3 is 2.88 bits per heavy atom. The second kappa shape index (κ2) is 7.61. The quantitative estimate of drug-likeness (QED) is 0.728. The Bertz CT molecular complexity index is 854. The van der Waals surface area contributed by atoms with E-state index >= 15 is 0 Å². The fourth-order valence-electron chi connectivity index (χ4n) is 2.78. The van der Waals surface area contributed by atoms with Gasteiger partial charge in [0.1, 0.15) is 0 Å². The van der Waals surface area contributed by atoms with Crippen molar-refractivity contribution in [2.24, 2.45) is 0 Å². The van der Waals surface area contributed by atoms with Crippen LogP contribution in [0.2, 0.25) is 0 Å². The molecule has 1 atom stereocenters. The molecule has 0 saturated heterocycles. The number of hydrogen-bond acceptors (Lipinski definition) is 4. The number of carbonyl (C=O) groups is 1. The van der Waals surface area contributed by atoms with Crippen molar-refractivity contribution in [1.29, 1.82) is 0 Å². The van der Waals surface area contributed by atoms with Crippen LogP contribution in [0.25, 0.3) is 10.4 Å². The van der Waals surface area contributed by atoms with Gasteiger partial charge in [0, 0.05) is 30.5 Å². The van der Waals surface area contributed by atoms with Gasteiger partial charge < -0.3 is 9.88 Å². The summed E-state index contributed by atoms with van der Waals surface area (Å²) in [6.45, 7) is 6.74. The first-order valence-corrected chi connectivity index (χ1v) is 9.16. The zero-order valence-electron chi connectivity index (χ0n) is 14.7. The molecule has 0 aliphatic rings. The van der Waals surface area contributed by atoms with Crippen molar-refractivity contribution in [3.63, 3.8) is 0 Å². The molecule has 1 N–H and O–H groups in total. The normalized spacial score (nSPS) is 12.1. The molecule has 25 heavy (non-hydrogen) atoms. The van der Waals surface area contributed by atoms with Gasteiger partial charge in [0.2, 0.25) is 0 Å². The summed E-state index contributed by atoms with van der Waals surface area (Å²) >= 11 is 1.66. The van der Waals surface area contributed by atoms with E-state index in [0.29, 0.717) is 18.2 Å². The van der Waals surface area contributed by atoms with Gasteiger partial charge in [0.05, 0.1) is 21.9 Å². The highest BCUT2D eigenvalue weighted by Crippen LogP contribution is 2.30. The van der Waals surface area contributed by atoms with Gasteiger partial charge in [0.25, 0.3) is 5.91 Å². The average molecular weight is 354 g/mol. The fraction of sp³-hybridized carbons (Fsp3) is 0.316. The summed E-state index contributed by atoms with van der Waals surface area (Å²) in [5.41, 5.74) is 2.73. The van der Waals surface area contributed by atoms with Gasteiger partial charge >= 0.3 is 0 Å². The van der Waals surface area contributed by atoms with Crippen molar-refractivity contribution in [3.05, 3.63) is 59.3 Å². The number of rotatable bonds is 6. The van der Waals surface area contributed by atoms with Gasteiger partial charge in [-0.25, -0.2) is 9.97 Å². The van der Waals surface area contributed by atoms with E-state index in [9.17, 15) is 4.79 Å². The summed E-state index contributed by atoms with van der Waals surface area (Å²) in [7, 11) is 0. The molecule has 1 amide bonds. The molecule has 1 aromatic carbocycles. The first-order valence-electron chi connectivity index (χ1n) is 8.34. The highest BCUT2D eigenvalue weighted by atomic mass is 32.1. The van der Waals surface area contributed by atoms with Crippen LogP contribution < -0.4 is 5.32 Å². The lowest BCUT2D eigenvalue weighted by Gasteiger charge is -2.13. The summed E-state index contributed by atoms with van der Waals surface area (Å²) in [5, 5.41) is 4.04. The highest BCUT2D eigenvalue weighted by molar-refractivity contribution is 7.15. The van der Waals surface area contributed by atoms with Crippen LogP contribution in [-0.4, -0.2) is 27.0 Å². The van der Waals surface area contributed by atoms with Crippen molar-refractivity contribution in [2.45, 2.75) is 33.2 Å². The van der Waals surface area contributed by atoms with E-state index in [0.717, 1.165) is 27.6 Å². The molecule has 3 rings (SSSR count). The number of benzene rings is 1. The summed E-state index contributed by atoms with van der Waals surface area (Å²) < 4.78 is 2.04. The second-order valence-electron chi connectivity index (χ2n) is 6.13. The molecule has 0 unspecified atom stereocenters. The largest absolute Gasteiger partial charge is 0.352 e. The van der Waals surface area contributed by atoms with Crippen LogP contribution in [-0.2, 0) is 0 Å². The Morgan fingerprint density at radius 2 is 2.20 bits per heavy atom. The van der Waals surface area contributed by atoms with Crippen LogP contribution in [0.1, 0.15) is 40.4 Å². The third-order valence-corrected chi connectivity index (χ3v) is 5.29. The van der Waals surface area contributed by atoms with E-state index in [4.69, 9.17) is 0 Å². The zero-order valence-corrected chi connectivity index (χ0v) is 15.5. The van der Waals surface area contributed by atoms with Gasteiger partial charge in [-0.15, -0.1) is 11.3 Å². The standard InChI is InChI=1S/C19H22N4OS/c1-13(23-10-9-20-12-23)7-8-21-19(24)17-6-4-5-16(11-17)18-14(2)22-15(3)25-18/h4-6,9-13H,7-8H2,1-3H3,(H,21,24)/t13-/m1/s1. The van der Waals surface area contributed by atoms with Crippen LogP contribution in [0, 0.1) is 13.8 Å². The van der Waals surface area contributed by atoms with Crippen LogP contribution in [0.4, 0.5) is 0 Å². The SMILES string of the molecule is Cc1nc(C)c(-c2cccc(C(=O)NCC[C@@H](C)n3ccnc3)c2)s1. The van der Waals surface area contributed by atoms with Crippen LogP contribution in [0.3, 0.4) is 0 Å². The van der Waals surface area contributed by atoms with E-state index < -0.39 is 0 Å². The van der Waals surface area contributed by atoms with Crippen molar-refractivity contribution in [1.82, 2.24) is 19.9 Å². The number of imidazole rings is 1. The van der Waals surface area contributed by atoms with Gasteiger partial charge in [0.15, 0.2) is 0 Å². The number of nitrogens with one attached hydrogen (secondary N) is 1. The maximum absolute atomic E-state index is 12.4. The lowest BCUT2D eigenvalue weighted by molar-refractivity contribution is 0.0952. The maximum Gasteiger partial charge on any atom is 0.251 e. The molecule has 0 radical (unpaired) electrons. The average Bonchev–Trinajstić information content (AvgIpc) is 3.24. The molecule has 2 aromatic heterocycles. The van der Waals surface area contributed by atoms with Crippen molar-refractivity contribution < 1.29 is 4.79 Å². The minimum Gasteiger partial charge on any atom is -0.352 e. The zero-order chi connectivity index (χ0) is 17.8. The van der Waals surface area contributed by atoms with Crippen molar-refractivity contribution in [2.75, 3.05) is 6.54 Å². The smallest absolute Gasteiger partial charge is 0.251 e. The number of aromatic nitrogens is 3. The first-order chi connectivity index (χ1) is 12.0. The van der Waals surface area contributed by atoms with Crippen LogP contribution in [0.15, 0.2) is 43.0 Å². The summed E-state index contributed by atoms with van der Waals surface area (Å²) in [6.07, 6.45) is 6.36. The lowest BCUT2D eigenvalue weighted by Crippen LogP contribution is -2.26. The minimum absolute atomic E-state index is 0.0430. The van der Waals surface area contributed by atoms with Crippen LogP contribution >= 0.6 is 11.3 Å². The molecule has 3 aromatic rings. The molecular weight excluding hydrogens is 332 g/mol. The van der Waals surface area contributed by atoms with Gasteiger partial charge in [-0.05, 0) is 44.9 Å². The number of nitrogens with zero attached hydrogens (tertiary/aromatic N) is 3. The minimum atomic E-state index is -0.0430. The number of carbonyl (C=O) groups excluding carboxylic acids is 1. The Hall–Kier alpha value is -2.47.